The number of benzene rings is 1. The molecule has 0 bridgehead atoms. The lowest BCUT2D eigenvalue weighted by atomic mass is 9.84. The maximum atomic E-state index is 12.9. The van der Waals surface area contributed by atoms with Crippen LogP contribution in [0.1, 0.15) is 48.9 Å². The molecule has 1 aromatic rings. The van der Waals surface area contributed by atoms with Crippen LogP contribution in [0.15, 0.2) is 24.3 Å². The number of halogens is 1. The van der Waals surface area contributed by atoms with Crippen LogP contribution in [-0.4, -0.2) is 48.3 Å². The third kappa shape index (κ3) is 5.26. The van der Waals surface area contributed by atoms with Crippen LogP contribution >= 0.6 is 0 Å². The summed E-state index contributed by atoms with van der Waals surface area (Å²) in [5, 5.41) is 15.4. The van der Waals surface area contributed by atoms with Crippen LogP contribution in [0, 0.1) is 11.7 Å². The highest BCUT2D eigenvalue weighted by molar-refractivity contribution is 5.94. The van der Waals surface area contributed by atoms with Crippen LogP contribution in [-0.2, 0) is 9.53 Å². The predicted octanol–water partition coefficient (Wildman–Crippen LogP) is 1.77. The van der Waals surface area contributed by atoms with Gasteiger partial charge in [-0.2, -0.15) is 0 Å². The van der Waals surface area contributed by atoms with E-state index in [0.29, 0.717) is 18.5 Å². The van der Waals surface area contributed by atoms with Crippen molar-refractivity contribution in [3.05, 3.63) is 35.6 Å². The standard InChI is InChI=1S/C20H27FN2O4/c21-15-6-4-14(5-7-15)19(25)22-11-10-16-8-9-17(18(12-24)27-16)23-20(26)13-2-1-3-13/h4-7,13,16-18,24H,1-3,8-12H2,(H,22,25)(H,23,26)/t16-,17-,18-/m0/s1. The van der Waals surface area contributed by atoms with Crippen LogP contribution in [0.4, 0.5) is 4.39 Å². The van der Waals surface area contributed by atoms with Crippen molar-refractivity contribution in [2.75, 3.05) is 13.2 Å². The van der Waals surface area contributed by atoms with Gasteiger partial charge >= 0.3 is 0 Å². The Labute approximate surface area is 158 Å². The van der Waals surface area contributed by atoms with Gasteiger partial charge < -0.3 is 20.5 Å². The molecule has 6 nitrogen and oxygen atoms in total. The van der Waals surface area contributed by atoms with E-state index in [1.54, 1.807) is 0 Å². The largest absolute Gasteiger partial charge is 0.394 e. The molecule has 27 heavy (non-hydrogen) atoms. The van der Waals surface area contributed by atoms with E-state index in [-0.39, 0.29) is 42.3 Å². The van der Waals surface area contributed by atoms with Crippen LogP contribution in [0.2, 0.25) is 0 Å². The van der Waals surface area contributed by atoms with Gasteiger partial charge in [0.05, 0.1) is 18.8 Å². The summed E-state index contributed by atoms with van der Waals surface area (Å²) in [6.07, 6.45) is 4.63. The maximum absolute atomic E-state index is 12.9. The highest BCUT2D eigenvalue weighted by Crippen LogP contribution is 2.28. The molecule has 0 radical (unpaired) electrons. The van der Waals surface area contributed by atoms with Gasteiger partial charge in [0.25, 0.3) is 5.91 Å². The summed E-state index contributed by atoms with van der Waals surface area (Å²) in [4.78, 5) is 24.1. The van der Waals surface area contributed by atoms with Crippen molar-refractivity contribution in [1.29, 1.82) is 0 Å². The number of ether oxygens (including phenoxy) is 1. The topological polar surface area (TPSA) is 87.7 Å². The highest BCUT2D eigenvalue weighted by Gasteiger charge is 2.34. The van der Waals surface area contributed by atoms with Gasteiger partial charge in [0.2, 0.25) is 5.91 Å². The van der Waals surface area contributed by atoms with E-state index in [4.69, 9.17) is 4.74 Å². The molecule has 1 aromatic carbocycles. The number of carbonyl (C=O) groups is 2. The molecule has 2 fully saturated rings. The minimum atomic E-state index is -0.416. The molecule has 0 spiro atoms. The summed E-state index contributed by atoms with van der Waals surface area (Å²) < 4.78 is 18.8. The van der Waals surface area contributed by atoms with Gasteiger partial charge in [-0.3, -0.25) is 9.59 Å². The summed E-state index contributed by atoms with van der Waals surface area (Å²) >= 11 is 0. The second kappa shape index (κ2) is 9.28. The van der Waals surface area contributed by atoms with Crippen molar-refractivity contribution in [1.82, 2.24) is 10.6 Å². The number of aliphatic hydroxyl groups is 1. The van der Waals surface area contributed by atoms with E-state index in [9.17, 15) is 19.1 Å². The Bertz CT molecular complexity index is 648. The summed E-state index contributed by atoms with van der Waals surface area (Å²) in [6.45, 7) is 0.284. The number of carbonyl (C=O) groups excluding carboxylic acids is 2. The number of rotatable bonds is 7. The van der Waals surface area contributed by atoms with Crippen LogP contribution in [0.5, 0.6) is 0 Å². The molecular weight excluding hydrogens is 351 g/mol. The van der Waals surface area contributed by atoms with Crippen molar-refractivity contribution in [3.63, 3.8) is 0 Å². The molecule has 1 saturated heterocycles. The van der Waals surface area contributed by atoms with E-state index in [1.807, 2.05) is 0 Å². The Morgan fingerprint density at radius 1 is 1.15 bits per heavy atom. The third-order valence-electron chi connectivity index (χ3n) is 5.46. The van der Waals surface area contributed by atoms with Crippen molar-refractivity contribution >= 4 is 11.8 Å². The number of amides is 2. The van der Waals surface area contributed by atoms with Crippen molar-refractivity contribution in [3.8, 4) is 0 Å². The molecule has 1 saturated carbocycles. The summed E-state index contributed by atoms with van der Waals surface area (Å²) in [5.41, 5.74) is 0.410. The van der Waals surface area contributed by atoms with Crippen LogP contribution < -0.4 is 10.6 Å². The Balaban J connectivity index is 1.40. The Kier molecular flexibility index (Phi) is 6.79. The SMILES string of the molecule is O=C(NCC[C@@H]1CC[C@H](NC(=O)C2CCC2)[C@H](CO)O1)c1ccc(F)cc1. The average Bonchev–Trinajstić information content (AvgIpc) is 2.61. The molecule has 1 heterocycles. The zero-order valence-electron chi connectivity index (χ0n) is 15.3. The normalized spacial score (nSPS) is 25.5. The number of aliphatic hydroxyl groups excluding tert-OH is 1. The average molecular weight is 378 g/mol. The number of nitrogens with one attached hydrogen (secondary N) is 2. The van der Waals surface area contributed by atoms with E-state index in [2.05, 4.69) is 10.6 Å². The van der Waals surface area contributed by atoms with Gasteiger partial charge in [0, 0.05) is 18.0 Å². The van der Waals surface area contributed by atoms with Crippen molar-refractivity contribution < 1.29 is 23.8 Å². The summed E-state index contributed by atoms with van der Waals surface area (Å²) in [7, 11) is 0. The predicted molar refractivity (Wildman–Crippen MR) is 97.6 cm³/mol. The lowest BCUT2D eigenvalue weighted by Gasteiger charge is -2.37. The van der Waals surface area contributed by atoms with Crippen LogP contribution in [0.25, 0.3) is 0 Å². The van der Waals surface area contributed by atoms with Gasteiger partial charge in [-0.25, -0.2) is 4.39 Å². The fourth-order valence-electron chi connectivity index (χ4n) is 3.53. The van der Waals surface area contributed by atoms with E-state index < -0.39 is 6.10 Å². The van der Waals surface area contributed by atoms with Gasteiger partial charge in [-0.1, -0.05) is 6.42 Å². The second-order valence-corrected chi connectivity index (χ2v) is 7.35. The minimum absolute atomic E-state index is 0.0679. The first kappa shape index (κ1) is 19.8. The molecule has 7 heteroatoms. The first-order valence-corrected chi connectivity index (χ1v) is 9.67. The fraction of sp³-hybridized carbons (Fsp3) is 0.600. The molecule has 2 aliphatic rings. The molecule has 0 unspecified atom stereocenters. The summed E-state index contributed by atoms with van der Waals surface area (Å²) in [6, 6.07) is 5.23. The van der Waals surface area contributed by atoms with Crippen molar-refractivity contribution in [2.45, 2.75) is 56.8 Å². The first-order chi connectivity index (χ1) is 13.1. The Hall–Kier alpha value is -1.99. The number of hydrogen-bond donors (Lipinski definition) is 3. The van der Waals surface area contributed by atoms with Gasteiger partial charge in [-0.15, -0.1) is 0 Å². The summed E-state index contributed by atoms with van der Waals surface area (Å²) in [5.74, 6) is -0.451. The molecule has 3 N–H and O–H groups in total. The van der Waals surface area contributed by atoms with Crippen LogP contribution in [0.3, 0.4) is 0 Å². The quantitative estimate of drug-likeness (QED) is 0.675. The monoisotopic (exact) mass is 378 g/mol. The lowest BCUT2D eigenvalue weighted by Crippen LogP contribution is -2.53. The Morgan fingerprint density at radius 3 is 2.52 bits per heavy atom. The van der Waals surface area contributed by atoms with E-state index >= 15 is 0 Å². The fourth-order valence-corrected chi connectivity index (χ4v) is 3.53. The Morgan fingerprint density at radius 2 is 1.89 bits per heavy atom. The molecule has 1 aliphatic heterocycles. The molecular formula is C20H27FN2O4. The van der Waals surface area contributed by atoms with Crippen molar-refractivity contribution in [2.24, 2.45) is 5.92 Å². The molecule has 3 rings (SSSR count). The van der Waals surface area contributed by atoms with E-state index in [1.165, 1.54) is 24.3 Å². The smallest absolute Gasteiger partial charge is 0.251 e. The molecule has 0 aromatic heterocycles. The molecule has 148 valence electrons. The second-order valence-electron chi connectivity index (χ2n) is 7.35. The highest BCUT2D eigenvalue weighted by atomic mass is 19.1. The zero-order chi connectivity index (χ0) is 19.2. The minimum Gasteiger partial charge on any atom is -0.394 e. The zero-order valence-corrected chi connectivity index (χ0v) is 15.3. The van der Waals surface area contributed by atoms with Gasteiger partial charge in [-0.05, 0) is 56.4 Å². The van der Waals surface area contributed by atoms with Gasteiger partial charge in [0.15, 0.2) is 0 Å². The molecule has 1 aliphatic carbocycles. The lowest BCUT2D eigenvalue weighted by molar-refractivity contribution is -0.134. The first-order valence-electron chi connectivity index (χ1n) is 9.67. The number of hydrogen-bond acceptors (Lipinski definition) is 4. The van der Waals surface area contributed by atoms with Gasteiger partial charge in [0.1, 0.15) is 11.9 Å². The maximum Gasteiger partial charge on any atom is 0.251 e. The molecule has 3 atom stereocenters. The molecule has 2 amide bonds. The van der Waals surface area contributed by atoms with E-state index in [0.717, 1.165) is 32.1 Å². The third-order valence-corrected chi connectivity index (χ3v) is 5.46.